The van der Waals surface area contributed by atoms with Gasteiger partial charge in [-0.15, -0.1) is 0 Å². The predicted molar refractivity (Wildman–Crippen MR) is 73.1 cm³/mol. The van der Waals surface area contributed by atoms with E-state index in [2.05, 4.69) is 0 Å². The highest BCUT2D eigenvalue weighted by atomic mass is 35.5. The van der Waals surface area contributed by atoms with E-state index < -0.39 is 12.1 Å². The number of carbonyl (C=O) groups is 1. The molecular formula is C13H15ClO3S. The van der Waals surface area contributed by atoms with Crippen molar-refractivity contribution in [3.05, 3.63) is 34.9 Å². The van der Waals surface area contributed by atoms with Crippen molar-refractivity contribution in [1.82, 2.24) is 0 Å². The summed E-state index contributed by atoms with van der Waals surface area (Å²) < 4.78 is 5.44. The molecule has 2 atom stereocenters. The monoisotopic (exact) mass is 286 g/mol. The number of carboxylic acids is 1. The van der Waals surface area contributed by atoms with Crippen LogP contribution in [0.2, 0.25) is 5.02 Å². The van der Waals surface area contributed by atoms with Gasteiger partial charge in [-0.2, -0.15) is 11.8 Å². The van der Waals surface area contributed by atoms with E-state index in [1.165, 1.54) is 0 Å². The fourth-order valence-electron chi connectivity index (χ4n) is 1.93. The van der Waals surface area contributed by atoms with Gasteiger partial charge in [0.15, 0.2) is 6.10 Å². The number of hydrogen-bond acceptors (Lipinski definition) is 3. The van der Waals surface area contributed by atoms with Gasteiger partial charge in [0.1, 0.15) is 0 Å². The highest BCUT2D eigenvalue weighted by Crippen LogP contribution is 2.26. The van der Waals surface area contributed by atoms with Gasteiger partial charge in [-0.1, -0.05) is 29.8 Å². The summed E-state index contributed by atoms with van der Waals surface area (Å²) in [6.07, 6.45) is 0.883. The number of aliphatic carboxylic acids is 1. The maximum absolute atomic E-state index is 10.7. The van der Waals surface area contributed by atoms with Gasteiger partial charge in [0.25, 0.3) is 0 Å². The smallest absolute Gasteiger partial charge is 0.332 e. The molecule has 98 valence electrons. The predicted octanol–water partition coefficient (Wildman–Crippen LogP) is 3.21. The summed E-state index contributed by atoms with van der Waals surface area (Å²) in [5, 5.41) is 9.60. The number of ether oxygens (including phenoxy) is 1. The first-order chi connectivity index (χ1) is 8.66. The molecule has 0 aliphatic carbocycles. The molecule has 2 rings (SSSR count). The van der Waals surface area contributed by atoms with E-state index in [0.717, 1.165) is 28.5 Å². The van der Waals surface area contributed by atoms with Gasteiger partial charge in [0.2, 0.25) is 0 Å². The van der Waals surface area contributed by atoms with Gasteiger partial charge in [0, 0.05) is 16.5 Å². The van der Waals surface area contributed by atoms with Crippen LogP contribution < -0.4 is 0 Å². The van der Waals surface area contributed by atoms with Crippen molar-refractivity contribution >= 4 is 29.3 Å². The average Bonchev–Trinajstić information content (AvgIpc) is 2.80. The zero-order valence-electron chi connectivity index (χ0n) is 9.84. The van der Waals surface area contributed by atoms with Crippen LogP contribution >= 0.6 is 23.4 Å². The Morgan fingerprint density at radius 2 is 2.22 bits per heavy atom. The maximum atomic E-state index is 10.7. The third-order valence-corrected chi connectivity index (χ3v) is 4.39. The molecule has 1 aliphatic heterocycles. The molecule has 1 aromatic carbocycles. The van der Waals surface area contributed by atoms with Gasteiger partial charge in [0.05, 0.1) is 6.10 Å². The summed E-state index contributed by atoms with van der Waals surface area (Å²) in [5.41, 5.74) is 1.11. The van der Waals surface area contributed by atoms with E-state index in [0.29, 0.717) is 6.42 Å². The number of carboxylic acid groups (broad SMARTS) is 1. The molecule has 1 aliphatic rings. The minimum atomic E-state index is -0.853. The average molecular weight is 287 g/mol. The number of hydrogen-bond donors (Lipinski definition) is 1. The van der Waals surface area contributed by atoms with E-state index in [-0.39, 0.29) is 6.10 Å². The number of halogens is 1. The van der Waals surface area contributed by atoms with Gasteiger partial charge >= 0.3 is 5.97 Å². The van der Waals surface area contributed by atoms with Crippen molar-refractivity contribution in [2.24, 2.45) is 0 Å². The Kier molecular flexibility index (Phi) is 4.92. The van der Waals surface area contributed by atoms with Crippen molar-refractivity contribution in [3.8, 4) is 0 Å². The standard InChI is InChI=1S/C13H15ClO3S/c14-11-4-2-1-3-9(11)7-18-8-10-5-6-12(17-10)13(15)16/h1-4,10,12H,5-8H2,(H,15,16). The first-order valence-electron chi connectivity index (χ1n) is 5.86. The SMILES string of the molecule is O=C(O)C1CCC(CSCc2ccccc2Cl)O1. The van der Waals surface area contributed by atoms with Crippen molar-refractivity contribution in [3.63, 3.8) is 0 Å². The van der Waals surface area contributed by atoms with Crippen molar-refractivity contribution in [1.29, 1.82) is 0 Å². The summed E-state index contributed by atoms with van der Waals surface area (Å²) in [4.78, 5) is 10.7. The van der Waals surface area contributed by atoms with E-state index in [1.807, 2.05) is 24.3 Å². The van der Waals surface area contributed by atoms with Crippen LogP contribution in [0.3, 0.4) is 0 Å². The molecule has 18 heavy (non-hydrogen) atoms. The quantitative estimate of drug-likeness (QED) is 0.903. The van der Waals surface area contributed by atoms with Gasteiger partial charge < -0.3 is 9.84 Å². The molecular weight excluding hydrogens is 272 g/mol. The maximum Gasteiger partial charge on any atom is 0.332 e. The van der Waals surface area contributed by atoms with Crippen LogP contribution in [0.1, 0.15) is 18.4 Å². The van der Waals surface area contributed by atoms with Gasteiger partial charge in [-0.25, -0.2) is 4.79 Å². The summed E-state index contributed by atoms with van der Waals surface area (Å²) in [6, 6.07) is 7.76. The first-order valence-corrected chi connectivity index (χ1v) is 7.39. The molecule has 1 aromatic rings. The van der Waals surface area contributed by atoms with E-state index >= 15 is 0 Å². The van der Waals surface area contributed by atoms with Crippen LogP contribution in [-0.4, -0.2) is 29.0 Å². The molecule has 0 amide bonds. The highest BCUT2D eigenvalue weighted by molar-refractivity contribution is 7.98. The van der Waals surface area contributed by atoms with Crippen molar-refractivity contribution in [2.45, 2.75) is 30.8 Å². The lowest BCUT2D eigenvalue weighted by atomic mass is 10.2. The molecule has 1 fully saturated rings. The lowest BCUT2D eigenvalue weighted by molar-refractivity contribution is -0.148. The third-order valence-electron chi connectivity index (χ3n) is 2.90. The Bertz CT molecular complexity index is 424. The molecule has 3 nitrogen and oxygen atoms in total. The normalized spacial score (nSPS) is 23.2. The fourth-order valence-corrected chi connectivity index (χ4v) is 3.31. The van der Waals surface area contributed by atoms with Gasteiger partial charge in [-0.05, 0) is 24.5 Å². The van der Waals surface area contributed by atoms with Crippen molar-refractivity contribution in [2.75, 3.05) is 5.75 Å². The minimum Gasteiger partial charge on any atom is -0.479 e. The molecule has 1 saturated heterocycles. The Morgan fingerprint density at radius 3 is 2.89 bits per heavy atom. The molecule has 1 heterocycles. The van der Waals surface area contributed by atoms with Crippen LogP contribution in [0.15, 0.2) is 24.3 Å². The number of benzene rings is 1. The summed E-state index contributed by atoms with van der Waals surface area (Å²) >= 11 is 7.79. The van der Waals surface area contributed by atoms with E-state index in [4.69, 9.17) is 21.4 Å². The lowest BCUT2D eigenvalue weighted by Crippen LogP contribution is -2.21. The number of thioether (sulfide) groups is 1. The topological polar surface area (TPSA) is 46.5 Å². The van der Waals surface area contributed by atoms with Crippen LogP contribution in [0.25, 0.3) is 0 Å². The third kappa shape index (κ3) is 3.64. The van der Waals surface area contributed by atoms with E-state index in [9.17, 15) is 4.79 Å². The molecule has 0 radical (unpaired) electrons. The molecule has 0 bridgehead atoms. The Hall–Kier alpha value is -0.710. The second kappa shape index (κ2) is 6.45. The first kappa shape index (κ1) is 13.7. The molecule has 2 unspecified atom stereocenters. The minimum absolute atomic E-state index is 0.0542. The molecule has 5 heteroatoms. The molecule has 0 spiro atoms. The van der Waals surface area contributed by atoms with Crippen LogP contribution in [-0.2, 0) is 15.3 Å². The van der Waals surface area contributed by atoms with Crippen molar-refractivity contribution < 1.29 is 14.6 Å². The van der Waals surface area contributed by atoms with Gasteiger partial charge in [-0.3, -0.25) is 0 Å². The molecule has 0 saturated carbocycles. The zero-order chi connectivity index (χ0) is 13.0. The van der Waals surface area contributed by atoms with E-state index in [1.54, 1.807) is 11.8 Å². The summed E-state index contributed by atoms with van der Waals surface area (Å²) in [6.45, 7) is 0. The Labute approximate surface area is 115 Å². The molecule has 0 aromatic heterocycles. The second-order valence-electron chi connectivity index (χ2n) is 4.27. The lowest BCUT2D eigenvalue weighted by Gasteiger charge is -2.11. The second-order valence-corrected chi connectivity index (χ2v) is 5.71. The zero-order valence-corrected chi connectivity index (χ0v) is 11.4. The fraction of sp³-hybridized carbons (Fsp3) is 0.462. The largest absolute Gasteiger partial charge is 0.479 e. The Balaban J connectivity index is 1.74. The molecule has 1 N–H and O–H groups in total. The van der Waals surface area contributed by atoms with Crippen LogP contribution in [0.4, 0.5) is 0 Å². The summed E-state index contributed by atoms with van der Waals surface area (Å²) in [7, 11) is 0. The number of rotatable bonds is 5. The highest BCUT2D eigenvalue weighted by Gasteiger charge is 2.30. The summed E-state index contributed by atoms with van der Waals surface area (Å²) in [5.74, 6) is 0.792. The van der Waals surface area contributed by atoms with Crippen LogP contribution in [0.5, 0.6) is 0 Å². The Morgan fingerprint density at radius 1 is 1.44 bits per heavy atom. The van der Waals surface area contributed by atoms with Crippen LogP contribution in [0, 0.1) is 0 Å².